The monoisotopic (exact) mass is 508 g/mol. The van der Waals surface area contributed by atoms with Crippen molar-refractivity contribution in [1.29, 1.82) is 0 Å². The number of rotatable bonds is 10. The van der Waals surface area contributed by atoms with Crippen molar-refractivity contribution in [1.82, 2.24) is 9.21 Å². The Morgan fingerprint density at radius 3 is 2.47 bits per heavy atom. The van der Waals surface area contributed by atoms with Gasteiger partial charge in [0, 0.05) is 26.2 Å². The van der Waals surface area contributed by atoms with E-state index < -0.39 is 10.0 Å². The summed E-state index contributed by atoms with van der Waals surface area (Å²) in [6.07, 6.45) is 4.09. The highest BCUT2D eigenvalue weighted by molar-refractivity contribution is 7.89. The first kappa shape index (κ1) is 25.1. The molecule has 1 saturated heterocycles. The molecule has 2 fully saturated rings. The molecule has 2 aromatic carbocycles. The fourth-order valence-electron chi connectivity index (χ4n) is 4.67. The van der Waals surface area contributed by atoms with Crippen LogP contribution in [0, 0.1) is 5.92 Å². The summed E-state index contributed by atoms with van der Waals surface area (Å²) in [5, 5.41) is 0.684. The quantitative estimate of drug-likeness (QED) is 0.473. The van der Waals surface area contributed by atoms with Crippen LogP contribution < -0.4 is 14.2 Å². The van der Waals surface area contributed by atoms with Crippen LogP contribution in [0.4, 0.5) is 0 Å². The fourth-order valence-corrected chi connectivity index (χ4v) is 6.28. The van der Waals surface area contributed by atoms with Crippen LogP contribution in [-0.2, 0) is 16.6 Å². The second-order valence-electron chi connectivity index (χ2n) is 9.09. The van der Waals surface area contributed by atoms with E-state index in [1.54, 1.807) is 19.2 Å². The third-order valence-electron chi connectivity index (χ3n) is 6.70. The maximum Gasteiger partial charge on any atom is 0.246 e. The van der Waals surface area contributed by atoms with Crippen LogP contribution in [-0.4, -0.2) is 64.6 Å². The van der Waals surface area contributed by atoms with Gasteiger partial charge in [0.05, 0.1) is 25.3 Å². The van der Waals surface area contributed by atoms with E-state index in [9.17, 15) is 8.42 Å². The van der Waals surface area contributed by atoms with E-state index >= 15 is 0 Å². The Kier molecular flexibility index (Phi) is 7.92. The molecule has 0 radical (unpaired) electrons. The van der Waals surface area contributed by atoms with Gasteiger partial charge in [0.1, 0.15) is 22.1 Å². The molecule has 34 heavy (non-hydrogen) atoms. The minimum atomic E-state index is -3.69. The Bertz CT molecular complexity index is 1100. The lowest BCUT2D eigenvalue weighted by atomic mass is 9.82. The topological polar surface area (TPSA) is 68.3 Å². The van der Waals surface area contributed by atoms with Gasteiger partial charge in [0.15, 0.2) is 0 Å². The summed E-state index contributed by atoms with van der Waals surface area (Å²) in [4.78, 5) is 2.55. The summed E-state index contributed by atoms with van der Waals surface area (Å²) in [5.41, 5.74) is 1.09. The summed E-state index contributed by atoms with van der Waals surface area (Å²) in [6, 6.07) is 10.7. The molecule has 9 heteroatoms. The van der Waals surface area contributed by atoms with Crippen LogP contribution in [0.15, 0.2) is 41.3 Å². The van der Waals surface area contributed by atoms with Gasteiger partial charge < -0.3 is 14.2 Å². The third-order valence-corrected chi connectivity index (χ3v) is 8.99. The number of benzene rings is 2. The molecule has 2 aliphatic rings. The average Bonchev–Trinajstić information content (AvgIpc) is 3.32. The molecular formula is C25H33ClN2O5S. The normalized spacial score (nSPS) is 20.9. The highest BCUT2D eigenvalue weighted by atomic mass is 35.5. The van der Waals surface area contributed by atoms with Crippen LogP contribution in [0.2, 0.25) is 5.02 Å². The molecule has 0 amide bonds. The van der Waals surface area contributed by atoms with Crippen LogP contribution >= 0.6 is 11.6 Å². The first-order valence-corrected chi connectivity index (χ1v) is 13.5. The molecule has 0 unspecified atom stereocenters. The van der Waals surface area contributed by atoms with E-state index in [-0.39, 0.29) is 22.7 Å². The number of ether oxygens (including phenoxy) is 3. The number of hydrogen-bond donors (Lipinski definition) is 0. The Balaban J connectivity index is 1.33. The molecule has 1 aliphatic carbocycles. The zero-order chi connectivity index (χ0) is 24.3. The van der Waals surface area contributed by atoms with Crippen molar-refractivity contribution in [3.8, 4) is 17.2 Å². The maximum absolute atomic E-state index is 13.1. The molecule has 1 aliphatic heterocycles. The summed E-state index contributed by atoms with van der Waals surface area (Å²) >= 11 is 6.65. The Hall–Kier alpha value is -2.00. The SMILES string of the molecule is COc1ccc(S(=O)(=O)N(C)CC2CC(Oc3cccc(CN4CCCC4)c3Cl)C2)c(OC)c1. The standard InChI is InChI=1S/C25H33ClN2O5S/c1-27(34(29,30)24-10-9-20(31-2)15-23(24)32-3)16-18-13-21(14-18)33-22-8-6-7-19(25(22)26)17-28-11-4-5-12-28/h6-10,15,18,21H,4-5,11-14,16-17H2,1-3H3. The molecule has 186 valence electrons. The second kappa shape index (κ2) is 10.7. The largest absolute Gasteiger partial charge is 0.497 e. The van der Waals surface area contributed by atoms with E-state index in [1.807, 2.05) is 12.1 Å². The van der Waals surface area contributed by atoms with Crippen LogP contribution in [0.5, 0.6) is 17.2 Å². The first-order valence-electron chi connectivity index (χ1n) is 11.7. The number of likely N-dealkylation sites (tertiary alicyclic amines) is 1. The predicted octanol–water partition coefficient (Wildman–Crippen LogP) is 4.43. The summed E-state index contributed by atoms with van der Waals surface area (Å²) in [7, 11) is 0.891. The minimum Gasteiger partial charge on any atom is -0.497 e. The Morgan fingerprint density at radius 1 is 1.06 bits per heavy atom. The summed E-state index contributed by atoms with van der Waals surface area (Å²) in [5.74, 6) is 1.75. The summed E-state index contributed by atoms with van der Waals surface area (Å²) in [6.45, 7) is 3.50. The lowest BCUT2D eigenvalue weighted by molar-refractivity contribution is 0.0575. The Morgan fingerprint density at radius 2 is 1.79 bits per heavy atom. The van der Waals surface area contributed by atoms with Crippen molar-refractivity contribution in [2.75, 3.05) is 40.9 Å². The maximum atomic E-state index is 13.1. The number of halogens is 1. The predicted molar refractivity (Wildman–Crippen MR) is 132 cm³/mol. The zero-order valence-corrected chi connectivity index (χ0v) is 21.6. The van der Waals surface area contributed by atoms with Gasteiger partial charge in [-0.1, -0.05) is 23.7 Å². The average molecular weight is 509 g/mol. The van der Waals surface area contributed by atoms with E-state index in [2.05, 4.69) is 11.0 Å². The van der Waals surface area contributed by atoms with Gasteiger partial charge in [0.2, 0.25) is 10.0 Å². The molecule has 1 heterocycles. The van der Waals surface area contributed by atoms with Gasteiger partial charge in [0.25, 0.3) is 0 Å². The number of hydrogen-bond acceptors (Lipinski definition) is 6. The number of sulfonamides is 1. The van der Waals surface area contributed by atoms with Gasteiger partial charge in [-0.3, -0.25) is 4.90 Å². The first-order chi connectivity index (χ1) is 16.3. The molecule has 2 aromatic rings. The van der Waals surface area contributed by atoms with E-state index in [1.165, 1.54) is 37.4 Å². The van der Waals surface area contributed by atoms with Crippen molar-refractivity contribution in [2.45, 2.75) is 43.2 Å². The number of methoxy groups -OCH3 is 2. The second-order valence-corrected chi connectivity index (χ2v) is 11.5. The molecule has 4 rings (SSSR count). The van der Waals surface area contributed by atoms with Crippen LogP contribution in [0.25, 0.3) is 0 Å². The zero-order valence-electron chi connectivity index (χ0n) is 20.0. The Labute approximate surface area is 207 Å². The van der Waals surface area contributed by atoms with E-state index in [0.717, 1.165) is 38.0 Å². The fraction of sp³-hybridized carbons (Fsp3) is 0.520. The van der Waals surface area contributed by atoms with Gasteiger partial charge >= 0.3 is 0 Å². The van der Waals surface area contributed by atoms with E-state index in [4.69, 9.17) is 25.8 Å². The van der Waals surface area contributed by atoms with Crippen LogP contribution in [0.3, 0.4) is 0 Å². The van der Waals surface area contributed by atoms with Crippen molar-refractivity contribution in [3.63, 3.8) is 0 Å². The van der Waals surface area contributed by atoms with Crippen molar-refractivity contribution in [3.05, 3.63) is 47.0 Å². The molecule has 0 bridgehead atoms. The van der Waals surface area contributed by atoms with Crippen LogP contribution in [0.1, 0.15) is 31.2 Å². The lowest BCUT2D eigenvalue weighted by Crippen LogP contribution is -2.42. The third kappa shape index (κ3) is 5.46. The molecule has 0 spiro atoms. The molecule has 0 atom stereocenters. The molecule has 1 saturated carbocycles. The highest BCUT2D eigenvalue weighted by Crippen LogP contribution is 2.37. The van der Waals surface area contributed by atoms with Gasteiger partial charge in [-0.15, -0.1) is 0 Å². The van der Waals surface area contributed by atoms with Crippen molar-refractivity contribution >= 4 is 21.6 Å². The van der Waals surface area contributed by atoms with E-state index in [0.29, 0.717) is 23.1 Å². The van der Waals surface area contributed by atoms with Gasteiger partial charge in [-0.05, 0) is 68.5 Å². The molecule has 7 nitrogen and oxygen atoms in total. The molecule has 0 aromatic heterocycles. The molecule has 0 N–H and O–H groups in total. The van der Waals surface area contributed by atoms with Gasteiger partial charge in [-0.25, -0.2) is 12.7 Å². The van der Waals surface area contributed by atoms with Crippen molar-refractivity contribution in [2.24, 2.45) is 5.92 Å². The van der Waals surface area contributed by atoms with Gasteiger partial charge in [-0.2, -0.15) is 0 Å². The summed E-state index contributed by atoms with van der Waals surface area (Å²) < 4.78 is 44.3. The molecular weight excluding hydrogens is 476 g/mol. The number of nitrogens with zero attached hydrogens (tertiary/aromatic N) is 2. The lowest BCUT2D eigenvalue weighted by Gasteiger charge is -2.37. The highest BCUT2D eigenvalue weighted by Gasteiger charge is 2.35. The van der Waals surface area contributed by atoms with Crippen molar-refractivity contribution < 1.29 is 22.6 Å². The minimum absolute atomic E-state index is 0.0381. The smallest absolute Gasteiger partial charge is 0.246 e.